The molecule has 1 aromatic carbocycles. The molecule has 1 fully saturated rings. The summed E-state index contributed by atoms with van der Waals surface area (Å²) in [7, 11) is 0. The second-order valence-electron chi connectivity index (χ2n) is 7.98. The molecule has 1 aliphatic heterocycles. The molecular weight excluding hydrogens is 379 g/mol. The molecule has 0 aliphatic carbocycles. The Morgan fingerprint density at radius 2 is 2.07 bits per heavy atom. The van der Waals surface area contributed by atoms with E-state index in [4.69, 9.17) is 10.1 Å². The van der Waals surface area contributed by atoms with Crippen LogP contribution in [0.3, 0.4) is 0 Å². The van der Waals surface area contributed by atoms with E-state index in [1.54, 1.807) is 12.1 Å². The van der Waals surface area contributed by atoms with Gasteiger partial charge in [0.1, 0.15) is 5.82 Å². The Hall–Kier alpha value is -3.06. The van der Waals surface area contributed by atoms with Crippen molar-refractivity contribution in [1.29, 1.82) is 0 Å². The smallest absolute Gasteiger partial charge is 0.156 e. The van der Waals surface area contributed by atoms with Gasteiger partial charge in [-0.2, -0.15) is 10.2 Å². The van der Waals surface area contributed by atoms with Crippen LogP contribution in [0.1, 0.15) is 37.1 Å². The van der Waals surface area contributed by atoms with E-state index in [9.17, 15) is 4.39 Å². The molecule has 3 aromatic heterocycles. The highest BCUT2D eigenvalue weighted by atomic mass is 19.1. The number of likely N-dealkylation sites (tertiary alicyclic amines) is 1. The van der Waals surface area contributed by atoms with Crippen molar-refractivity contribution in [3.63, 3.8) is 0 Å². The van der Waals surface area contributed by atoms with Crippen molar-refractivity contribution >= 4 is 5.65 Å². The van der Waals surface area contributed by atoms with Crippen LogP contribution >= 0.6 is 0 Å². The summed E-state index contributed by atoms with van der Waals surface area (Å²) in [5, 5.41) is 9.16. The Bertz CT molecular complexity index is 1160. The molecule has 0 N–H and O–H groups in total. The zero-order valence-corrected chi connectivity index (χ0v) is 17.1. The molecule has 5 rings (SSSR count). The Morgan fingerprint density at radius 3 is 2.90 bits per heavy atom. The normalized spacial score (nSPS) is 17.6. The molecule has 0 saturated carbocycles. The maximum absolute atomic E-state index is 13.6. The van der Waals surface area contributed by atoms with E-state index in [1.807, 2.05) is 39.8 Å². The fourth-order valence-electron chi connectivity index (χ4n) is 4.24. The molecule has 4 aromatic rings. The van der Waals surface area contributed by atoms with Gasteiger partial charge in [-0.05, 0) is 56.1 Å². The number of halogens is 1. The minimum Gasteiger partial charge on any atom is -0.298 e. The summed E-state index contributed by atoms with van der Waals surface area (Å²) in [6.07, 6.45) is 8.25. The molecule has 1 saturated heterocycles. The quantitative estimate of drug-likeness (QED) is 0.502. The number of rotatable bonds is 5. The zero-order chi connectivity index (χ0) is 20.5. The first kappa shape index (κ1) is 18.9. The van der Waals surface area contributed by atoms with Crippen molar-refractivity contribution < 1.29 is 4.39 Å². The number of pyridine rings is 1. The van der Waals surface area contributed by atoms with E-state index < -0.39 is 0 Å². The third-order valence-corrected chi connectivity index (χ3v) is 5.79. The van der Waals surface area contributed by atoms with Crippen LogP contribution in [-0.2, 0) is 13.1 Å². The molecule has 4 heterocycles. The number of fused-ring (bicyclic) bond motifs is 1. The van der Waals surface area contributed by atoms with Gasteiger partial charge in [0.15, 0.2) is 11.5 Å². The van der Waals surface area contributed by atoms with Gasteiger partial charge in [0.05, 0.1) is 6.20 Å². The number of piperidine rings is 1. The summed E-state index contributed by atoms with van der Waals surface area (Å²) in [5.74, 6) is 0.969. The molecule has 154 valence electrons. The van der Waals surface area contributed by atoms with Crippen LogP contribution in [0.5, 0.6) is 0 Å². The average Bonchev–Trinajstić information content (AvgIpc) is 3.40. The summed E-state index contributed by atoms with van der Waals surface area (Å²) >= 11 is 0. The molecule has 0 radical (unpaired) electrons. The van der Waals surface area contributed by atoms with Crippen LogP contribution in [0.15, 0.2) is 55.0 Å². The highest BCUT2D eigenvalue weighted by Crippen LogP contribution is 2.27. The third-order valence-electron chi connectivity index (χ3n) is 5.79. The van der Waals surface area contributed by atoms with Gasteiger partial charge in [-0.1, -0.05) is 12.1 Å². The van der Waals surface area contributed by atoms with Crippen LogP contribution in [0.2, 0.25) is 0 Å². The highest BCUT2D eigenvalue weighted by molar-refractivity contribution is 5.64. The topological polar surface area (TPSA) is 51.2 Å². The van der Waals surface area contributed by atoms with Gasteiger partial charge >= 0.3 is 0 Å². The van der Waals surface area contributed by atoms with E-state index >= 15 is 0 Å². The Balaban J connectivity index is 1.34. The lowest BCUT2D eigenvalue weighted by atomic mass is 9.97. The number of hydrogen-bond donors (Lipinski definition) is 0. The lowest BCUT2D eigenvalue weighted by molar-refractivity contribution is 0.196. The molecule has 6 nitrogen and oxygen atoms in total. The van der Waals surface area contributed by atoms with Gasteiger partial charge in [0, 0.05) is 49.1 Å². The standard InChI is InChI=1S/C23H25FN6/c1-2-29-14-17(12-25-29)13-28-10-4-6-20(15-28)23-26-22-9-8-19(16-30(22)27-23)18-5-3-7-21(24)11-18/h3,5,7-9,11-12,14,16,20H,2,4,6,10,13,15H2,1H3/t20-/m0/s1. The van der Waals surface area contributed by atoms with Crippen molar-refractivity contribution in [2.24, 2.45) is 0 Å². The first-order valence-electron chi connectivity index (χ1n) is 10.5. The van der Waals surface area contributed by atoms with Crippen molar-refractivity contribution in [2.45, 2.75) is 38.8 Å². The summed E-state index contributed by atoms with van der Waals surface area (Å²) in [5.41, 5.74) is 3.84. The summed E-state index contributed by atoms with van der Waals surface area (Å²) in [4.78, 5) is 7.25. The predicted octanol–water partition coefficient (Wildman–Crippen LogP) is 4.13. The van der Waals surface area contributed by atoms with Gasteiger partial charge in [-0.15, -0.1) is 0 Å². The minimum absolute atomic E-state index is 0.237. The Labute approximate surface area is 175 Å². The molecule has 1 aliphatic rings. The molecule has 0 amide bonds. The maximum Gasteiger partial charge on any atom is 0.156 e. The SMILES string of the molecule is CCn1cc(CN2CCC[C@H](c3nc4ccc(-c5cccc(F)c5)cn4n3)C2)cn1. The molecule has 0 spiro atoms. The van der Waals surface area contributed by atoms with Gasteiger partial charge in [0.25, 0.3) is 0 Å². The second kappa shape index (κ2) is 7.99. The van der Waals surface area contributed by atoms with E-state index in [2.05, 4.69) is 23.1 Å². The highest BCUT2D eigenvalue weighted by Gasteiger charge is 2.25. The summed E-state index contributed by atoms with van der Waals surface area (Å²) in [6.45, 7) is 5.94. The van der Waals surface area contributed by atoms with Crippen LogP contribution < -0.4 is 0 Å². The van der Waals surface area contributed by atoms with Gasteiger partial charge < -0.3 is 0 Å². The predicted molar refractivity (Wildman–Crippen MR) is 114 cm³/mol. The zero-order valence-electron chi connectivity index (χ0n) is 17.1. The maximum atomic E-state index is 13.6. The summed E-state index contributed by atoms with van der Waals surface area (Å²) < 4.78 is 17.4. The van der Waals surface area contributed by atoms with Crippen molar-refractivity contribution in [3.05, 3.63) is 72.2 Å². The number of aryl methyl sites for hydroxylation is 1. The first-order chi connectivity index (χ1) is 14.7. The molecule has 7 heteroatoms. The number of benzene rings is 1. The first-order valence-corrected chi connectivity index (χ1v) is 10.5. The Morgan fingerprint density at radius 1 is 1.13 bits per heavy atom. The lowest BCUT2D eigenvalue weighted by Crippen LogP contribution is -2.34. The third kappa shape index (κ3) is 3.85. The van der Waals surface area contributed by atoms with Crippen LogP contribution in [0, 0.1) is 5.82 Å². The average molecular weight is 404 g/mol. The largest absolute Gasteiger partial charge is 0.298 e. The van der Waals surface area contributed by atoms with Crippen molar-refractivity contribution in [2.75, 3.05) is 13.1 Å². The van der Waals surface area contributed by atoms with Crippen LogP contribution in [0.25, 0.3) is 16.8 Å². The van der Waals surface area contributed by atoms with Gasteiger partial charge in [-0.3, -0.25) is 9.58 Å². The fourth-order valence-corrected chi connectivity index (χ4v) is 4.24. The van der Waals surface area contributed by atoms with Gasteiger partial charge in [-0.25, -0.2) is 13.9 Å². The number of aromatic nitrogens is 5. The Kier molecular flexibility index (Phi) is 5.04. The van der Waals surface area contributed by atoms with E-state index in [0.29, 0.717) is 5.92 Å². The second-order valence-corrected chi connectivity index (χ2v) is 7.98. The van der Waals surface area contributed by atoms with Crippen LogP contribution in [-0.4, -0.2) is 42.4 Å². The van der Waals surface area contributed by atoms with E-state index in [0.717, 1.165) is 61.6 Å². The monoisotopic (exact) mass is 404 g/mol. The minimum atomic E-state index is -0.237. The molecule has 0 bridgehead atoms. The van der Waals surface area contributed by atoms with Gasteiger partial charge in [0.2, 0.25) is 0 Å². The number of hydrogen-bond acceptors (Lipinski definition) is 4. The molecule has 0 unspecified atom stereocenters. The number of nitrogens with zero attached hydrogens (tertiary/aromatic N) is 6. The van der Waals surface area contributed by atoms with E-state index in [1.165, 1.54) is 11.6 Å². The van der Waals surface area contributed by atoms with Crippen molar-refractivity contribution in [3.8, 4) is 11.1 Å². The molecular formula is C23H25FN6. The fraction of sp³-hybridized carbons (Fsp3) is 0.348. The molecule has 30 heavy (non-hydrogen) atoms. The van der Waals surface area contributed by atoms with Crippen molar-refractivity contribution in [1.82, 2.24) is 29.3 Å². The summed E-state index contributed by atoms with van der Waals surface area (Å²) in [6, 6.07) is 10.6. The van der Waals surface area contributed by atoms with Crippen LogP contribution in [0.4, 0.5) is 4.39 Å². The lowest BCUT2D eigenvalue weighted by Gasteiger charge is -2.30. The molecule has 1 atom stereocenters. The van der Waals surface area contributed by atoms with E-state index in [-0.39, 0.29) is 5.82 Å².